The first kappa shape index (κ1) is 11.9. The quantitative estimate of drug-likeness (QED) is 0.782. The number of rotatable bonds is 2. The van der Waals surface area contributed by atoms with Crippen molar-refractivity contribution in [3.05, 3.63) is 34.4 Å². The lowest BCUT2D eigenvalue weighted by molar-refractivity contribution is 0.0938. The normalized spacial score (nSPS) is 10.5. The van der Waals surface area contributed by atoms with Gasteiger partial charge in [0.15, 0.2) is 0 Å². The molecule has 1 N–H and O–H groups in total. The van der Waals surface area contributed by atoms with Gasteiger partial charge in [-0.05, 0) is 26.0 Å². The van der Waals surface area contributed by atoms with Crippen LogP contribution in [0.1, 0.15) is 24.2 Å². The largest absolute Gasteiger partial charge is 0.350 e. The molecular formula is C10H10ClF2NO. The first-order valence-corrected chi connectivity index (χ1v) is 4.75. The molecular weight excluding hydrogens is 224 g/mol. The Labute approximate surface area is 91.2 Å². The van der Waals surface area contributed by atoms with E-state index in [2.05, 4.69) is 5.32 Å². The number of halogens is 3. The molecule has 82 valence electrons. The maximum Gasteiger partial charge on any atom is 0.254 e. The minimum Gasteiger partial charge on any atom is -0.350 e. The molecule has 0 saturated heterocycles. The van der Waals surface area contributed by atoms with Crippen LogP contribution in [0.4, 0.5) is 8.78 Å². The van der Waals surface area contributed by atoms with Crippen LogP contribution >= 0.6 is 11.6 Å². The van der Waals surface area contributed by atoms with E-state index in [0.29, 0.717) is 0 Å². The average molecular weight is 234 g/mol. The molecule has 0 aliphatic carbocycles. The monoisotopic (exact) mass is 233 g/mol. The summed E-state index contributed by atoms with van der Waals surface area (Å²) in [4.78, 5) is 11.4. The summed E-state index contributed by atoms with van der Waals surface area (Å²) in [5.74, 6) is -2.30. The number of carbonyl (C=O) groups excluding carboxylic acids is 1. The van der Waals surface area contributed by atoms with Crippen molar-refractivity contribution in [2.75, 3.05) is 0 Å². The van der Waals surface area contributed by atoms with Gasteiger partial charge >= 0.3 is 0 Å². The lowest BCUT2D eigenvalue weighted by Crippen LogP contribution is -2.30. The maximum atomic E-state index is 13.2. The first-order valence-electron chi connectivity index (χ1n) is 4.37. The highest BCUT2D eigenvalue weighted by molar-refractivity contribution is 6.30. The SMILES string of the molecule is CC(C)NC(=O)c1cc(F)c(Cl)cc1F. The molecule has 0 fully saturated rings. The maximum absolute atomic E-state index is 13.2. The predicted molar refractivity (Wildman–Crippen MR) is 54.0 cm³/mol. The van der Waals surface area contributed by atoms with Crippen LogP contribution in [0.3, 0.4) is 0 Å². The number of benzene rings is 1. The minimum absolute atomic E-state index is 0.143. The Balaban J connectivity index is 3.04. The van der Waals surface area contributed by atoms with E-state index in [0.717, 1.165) is 12.1 Å². The molecule has 0 bridgehead atoms. The summed E-state index contributed by atoms with van der Waals surface area (Å²) < 4.78 is 26.2. The molecule has 0 radical (unpaired) electrons. The number of amides is 1. The second-order valence-corrected chi connectivity index (χ2v) is 3.78. The molecule has 5 heteroatoms. The Morgan fingerprint density at radius 2 is 1.93 bits per heavy atom. The van der Waals surface area contributed by atoms with Crippen LogP contribution in [0.5, 0.6) is 0 Å². The summed E-state index contributed by atoms with van der Waals surface area (Å²) >= 11 is 5.35. The van der Waals surface area contributed by atoms with Gasteiger partial charge in [0.05, 0.1) is 10.6 Å². The van der Waals surface area contributed by atoms with Gasteiger partial charge in [0.2, 0.25) is 0 Å². The van der Waals surface area contributed by atoms with E-state index >= 15 is 0 Å². The molecule has 1 rings (SSSR count). The average Bonchev–Trinajstić information content (AvgIpc) is 2.09. The van der Waals surface area contributed by atoms with E-state index < -0.39 is 17.5 Å². The molecule has 0 atom stereocenters. The van der Waals surface area contributed by atoms with Crippen LogP contribution in [0.25, 0.3) is 0 Å². The van der Waals surface area contributed by atoms with Gasteiger partial charge in [0.1, 0.15) is 11.6 Å². The summed E-state index contributed by atoms with van der Waals surface area (Å²) in [6, 6.07) is 1.43. The van der Waals surface area contributed by atoms with Crippen molar-refractivity contribution < 1.29 is 13.6 Å². The van der Waals surface area contributed by atoms with Gasteiger partial charge < -0.3 is 5.32 Å². The molecule has 0 aliphatic rings. The number of hydrogen-bond donors (Lipinski definition) is 1. The summed E-state index contributed by atoms with van der Waals surface area (Å²) in [6.45, 7) is 3.45. The molecule has 0 saturated carbocycles. The van der Waals surface area contributed by atoms with Crippen LogP contribution in [-0.4, -0.2) is 11.9 Å². The first-order chi connectivity index (χ1) is 6.91. The molecule has 1 amide bonds. The Kier molecular flexibility index (Phi) is 3.63. The lowest BCUT2D eigenvalue weighted by atomic mass is 10.2. The third-order valence-electron chi connectivity index (χ3n) is 1.67. The van der Waals surface area contributed by atoms with Crippen molar-refractivity contribution in [3.8, 4) is 0 Å². The van der Waals surface area contributed by atoms with E-state index in [4.69, 9.17) is 11.6 Å². The Morgan fingerprint density at radius 1 is 1.33 bits per heavy atom. The molecule has 1 aromatic rings. The van der Waals surface area contributed by atoms with Crippen molar-refractivity contribution in [3.63, 3.8) is 0 Å². The molecule has 0 aliphatic heterocycles. The van der Waals surface area contributed by atoms with E-state index in [1.54, 1.807) is 13.8 Å². The van der Waals surface area contributed by atoms with Crippen molar-refractivity contribution >= 4 is 17.5 Å². The summed E-state index contributed by atoms with van der Waals surface area (Å²) in [7, 11) is 0. The molecule has 0 aromatic heterocycles. The third-order valence-corrected chi connectivity index (χ3v) is 1.96. The van der Waals surface area contributed by atoms with Gasteiger partial charge in [-0.1, -0.05) is 11.6 Å². The molecule has 15 heavy (non-hydrogen) atoms. The van der Waals surface area contributed by atoms with Gasteiger partial charge in [-0.15, -0.1) is 0 Å². The number of hydrogen-bond acceptors (Lipinski definition) is 1. The van der Waals surface area contributed by atoms with Crippen molar-refractivity contribution in [2.24, 2.45) is 0 Å². The molecule has 0 spiro atoms. The van der Waals surface area contributed by atoms with Gasteiger partial charge in [-0.2, -0.15) is 0 Å². The second kappa shape index (κ2) is 4.57. The Hall–Kier alpha value is -1.16. The van der Waals surface area contributed by atoms with E-state index in [9.17, 15) is 13.6 Å². The van der Waals surface area contributed by atoms with Gasteiger partial charge in [0, 0.05) is 6.04 Å². The zero-order valence-electron chi connectivity index (χ0n) is 8.27. The van der Waals surface area contributed by atoms with E-state index in [1.807, 2.05) is 0 Å². The highest BCUT2D eigenvalue weighted by Gasteiger charge is 2.15. The van der Waals surface area contributed by atoms with Crippen LogP contribution in [0, 0.1) is 11.6 Å². The number of carbonyl (C=O) groups is 1. The zero-order chi connectivity index (χ0) is 11.6. The Morgan fingerprint density at radius 3 is 2.47 bits per heavy atom. The van der Waals surface area contributed by atoms with Gasteiger partial charge in [-0.3, -0.25) is 4.79 Å². The fourth-order valence-corrected chi connectivity index (χ4v) is 1.19. The third kappa shape index (κ3) is 2.89. The van der Waals surface area contributed by atoms with Crippen LogP contribution in [0.15, 0.2) is 12.1 Å². The fraction of sp³-hybridized carbons (Fsp3) is 0.300. The van der Waals surface area contributed by atoms with Gasteiger partial charge in [0.25, 0.3) is 5.91 Å². The summed E-state index contributed by atoms with van der Waals surface area (Å²) in [5.41, 5.74) is -0.342. The van der Waals surface area contributed by atoms with Crippen molar-refractivity contribution in [2.45, 2.75) is 19.9 Å². The minimum atomic E-state index is -0.834. The van der Waals surface area contributed by atoms with Crippen molar-refractivity contribution in [1.82, 2.24) is 5.32 Å². The second-order valence-electron chi connectivity index (χ2n) is 3.37. The predicted octanol–water partition coefficient (Wildman–Crippen LogP) is 2.76. The fourth-order valence-electron chi connectivity index (χ4n) is 1.04. The zero-order valence-corrected chi connectivity index (χ0v) is 9.03. The van der Waals surface area contributed by atoms with Crippen molar-refractivity contribution in [1.29, 1.82) is 0 Å². The Bertz CT molecular complexity index is 393. The van der Waals surface area contributed by atoms with Gasteiger partial charge in [-0.25, -0.2) is 8.78 Å². The standard InChI is InChI=1S/C10H10ClF2NO/c1-5(2)14-10(15)6-3-9(13)7(11)4-8(6)12/h3-5H,1-2H3,(H,14,15). The molecule has 2 nitrogen and oxygen atoms in total. The van der Waals surface area contributed by atoms with Crippen LogP contribution in [0.2, 0.25) is 5.02 Å². The van der Waals surface area contributed by atoms with Crippen LogP contribution in [-0.2, 0) is 0 Å². The molecule has 0 heterocycles. The highest BCUT2D eigenvalue weighted by atomic mass is 35.5. The summed E-state index contributed by atoms with van der Waals surface area (Å²) in [6.07, 6.45) is 0. The smallest absolute Gasteiger partial charge is 0.254 e. The van der Waals surface area contributed by atoms with E-state index in [-0.39, 0.29) is 16.6 Å². The topological polar surface area (TPSA) is 29.1 Å². The summed E-state index contributed by atoms with van der Waals surface area (Å²) in [5, 5.41) is 2.12. The van der Waals surface area contributed by atoms with E-state index in [1.165, 1.54) is 0 Å². The molecule has 1 aromatic carbocycles. The number of nitrogens with one attached hydrogen (secondary N) is 1. The highest BCUT2D eigenvalue weighted by Crippen LogP contribution is 2.19. The van der Waals surface area contributed by atoms with Crippen LogP contribution < -0.4 is 5.32 Å². The molecule has 0 unspecified atom stereocenters. The lowest BCUT2D eigenvalue weighted by Gasteiger charge is -2.09.